The molecule has 1 atom stereocenters. The molecule has 3 aromatic rings. The first-order chi connectivity index (χ1) is 16.7. The van der Waals surface area contributed by atoms with Crippen LogP contribution in [0.3, 0.4) is 0 Å². The number of carbonyl (C=O) groups is 2. The van der Waals surface area contributed by atoms with Gasteiger partial charge in [-0.05, 0) is 54.4 Å². The second kappa shape index (κ2) is 10.4. The van der Waals surface area contributed by atoms with Gasteiger partial charge in [-0.3, -0.25) is 9.59 Å². The predicted molar refractivity (Wildman–Crippen MR) is 143 cm³/mol. The van der Waals surface area contributed by atoms with E-state index < -0.39 is 5.54 Å². The zero-order chi connectivity index (χ0) is 25.2. The van der Waals surface area contributed by atoms with Crippen molar-refractivity contribution in [1.82, 2.24) is 4.90 Å². The average molecular weight is 528 g/mol. The maximum absolute atomic E-state index is 13.9. The first-order valence-corrected chi connectivity index (χ1v) is 12.4. The number of nitrogens with one attached hydrogen (secondary N) is 1. The lowest BCUT2D eigenvalue weighted by Gasteiger charge is -2.41. The van der Waals surface area contributed by atoms with E-state index in [4.69, 9.17) is 34.8 Å². The van der Waals surface area contributed by atoms with Gasteiger partial charge in [0.1, 0.15) is 5.54 Å². The van der Waals surface area contributed by atoms with Gasteiger partial charge in [-0.1, -0.05) is 91.1 Å². The van der Waals surface area contributed by atoms with E-state index in [1.807, 2.05) is 49.2 Å². The highest BCUT2D eigenvalue weighted by Gasteiger charge is 2.47. The Morgan fingerprint density at radius 3 is 2.40 bits per heavy atom. The highest BCUT2D eigenvalue weighted by molar-refractivity contribution is 6.42. The highest BCUT2D eigenvalue weighted by Crippen LogP contribution is 2.38. The molecule has 0 bridgehead atoms. The third-order valence-electron chi connectivity index (χ3n) is 6.42. The van der Waals surface area contributed by atoms with Crippen molar-refractivity contribution in [3.63, 3.8) is 0 Å². The van der Waals surface area contributed by atoms with Crippen LogP contribution < -0.4 is 5.32 Å². The molecule has 1 aliphatic heterocycles. The Labute approximate surface area is 220 Å². The molecule has 1 amide bonds. The first kappa shape index (κ1) is 25.3. The Balaban J connectivity index is 1.65. The van der Waals surface area contributed by atoms with Gasteiger partial charge < -0.3 is 10.2 Å². The molecule has 0 spiro atoms. The van der Waals surface area contributed by atoms with Gasteiger partial charge in [0.2, 0.25) is 0 Å². The smallest absolute Gasteiger partial charge is 0.250 e. The minimum absolute atomic E-state index is 0.0270. The van der Waals surface area contributed by atoms with Gasteiger partial charge in [-0.2, -0.15) is 0 Å². The minimum atomic E-state index is -0.848. The number of benzene rings is 3. The second-order valence-electron chi connectivity index (χ2n) is 8.88. The van der Waals surface area contributed by atoms with Crippen LogP contribution in [0.15, 0.2) is 79.0 Å². The third-order valence-corrected chi connectivity index (χ3v) is 7.40. The summed E-state index contributed by atoms with van der Waals surface area (Å²) < 4.78 is 0. The molecular formula is C28H25Cl3N2O2. The van der Waals surface area contributed by atoms with Crippen molar-refractivity contribution in [2.75, 3.05) is 5.32 Å². The molecular weight excluding hydrogens is 503 g/mol. The molecule has 0 fully saturated rings. The molecule has 1 aliphatic rings. The lowest BCUT2D eigenvalue weighted by atomic mass is 9.82. The summed E-state index contributed by atoms with van der Waals surface area (Å²) in [6, 6.07) is 19.3. The SMILES string of the molecule is CC(C)[C@]1(C(=O)Nc2ccc(Cl)cc2C(=O)c2ccccc2)CC=CN1Cc1ccc(Cl)c(Cl)c1. The fraction of sp³-hybridized carbons (Fsp3) is 0.214. The number of hydrogen-bond donors (Lipinski definition) is 1. The first-order valence-electron chi connectivity index (χ1n) is 11.3. The fourth-order valence-corrected chi connectivity index (χ4v) is 4.97. The number of nitrogens with zero attached hydrogens (tertiary/aromatic N) is 1. The molecule has 7 heteroatoms. The van der Waals surface area contributed by atoms with Crippen LogP contribution >= 0.6 is 34.8 Å². The van der Waals surface area contributed by atoms with Crippen molar-refractivity contribution < 1.29 is 9.59 Å². The van der Waals surface area contributed by atoms with Crippen LogP contribution in [0.25, 0.3) is 0 Å². The Morgan fingerprint density at radius 2 is 1.71 bits per heavy atom. The van der Waals surface area contributed by atoms with Crippen molar-refractivity contribution >= 4 is 52.2 Å². The topological polar surface area (TPSA) is 49.4 Å². The van der Waals surface area contributed by atoms with E-state index in [0.717, 1.165) is 5.56 Å². The maximum Gasteiger partial charge on any atom is 0.250 e. The molecule has 4 rings (SSSR count). The quantitative estimate of drug-likeness (QED) is 0.321. The summed E-state index contributed by atoms with van der Waals surface area (Å²) in [5.74, 6) is -0.429. The molecule has 0 aromatic heterocycles. The molecule has 1 heterocycles. The van der Waals surface area contributed by atoms with Crippen molar-refractivity contribution in [1.29, 1.82) is 0 Å². The van der Waals surface area contributed by atoms with Gasteiger partial charge in [0.25, 0.3) is 5.91 Å². The van der Waals surface area contributed by atoms with Crippen LogP contribution in [0.1, 0.15) is 41.8 Å². The summed E-state index contributed by atoms with van der Waals surface area (Å²) in [5, 5.41) is 4.42. The van der Waals surface area contributed by atoms with Crippen LogP contribution in [-0.2, 0) is 11.3 Å². The second-order valence-corrected chi connectivity index (χ2v) is 10.1. The summed E-state index contributed by atoms with van der Waals surface area (Å²) in [5.41, 5.74) is 1.38. The van der Waals surface area contributed by atoms with Gasteiger partial charge in [-0.25, -0.2) is 0 Å². The van der Waals surface area contributed by atoms with E-state index in [1.165, 1.54) is 0 Å². The van der Waals surface area contributed by atoms with Crippen LogP contribution in [0.5, 0.6) is 0 Å². The van der Waals surface area contributed by atoms with Crippen LogP contribution in [0.4, 0.5) is 5.69 Å². The number of ketones is 1. The number of hydrogen-bond acceptors (Lipinski definition) is 3. The van der Waals surface area contributed by atoms with Gasteiger partial charge in [-0.15, -0.1) is 0 Å². The summed E-state index contributed by atoms with van der Waals surface area (Å²) in [6.07, 6.45) is 4.47. The molecule has 0 aliphatic carbocycles. The van der Waals surface area contributed by atoms with Gasteiger partial charge in [0, 0.05) is 22.7 Å². The average Bonchev–Trinajstić information content (AvgIpc) is 3.27. The van der Waals surface area contributed by atoms with Gasteiger partial charge in [0.05, 0.1) is 15.7 Å². The summed E-state index contributed by atoms with van der Waals surface area (Å²) in [6.45, 7) is 4.52. The van der Waals surface area contributed by atoms with Crippen molar-refractivity contribution in [2.45, 2.75) is 32.4 Å². The molecule has 0 saturated carbocycles. The van der Waals surface area contributed by atoms with Crippen molar-refractivity contribution in [3.8, 4) is 0 Å². The van der Waals surface area contributed by atoms with E-state index in [-0.39, 0.29) is 17.6 Å². The number of rotatable bonds is 7. The van der Waals surface area contributed by atoms with Gasteiger partial charge in [0.15, 0.2) is 5.78 Å². The Kier molecular flexibility index (Phi) is 7.56. The highest BCUT2D eigenvalue weighted by atomic mass is 35.5. The van der Waals surface area contributed by atoms with E-state index in [2.05, 4.69) is 5.32 Å². The molecule has 3 aromatic carbocycles. The van der Waals surface area contributed by atoms with Crippen molar-refractivity contribution in [3.05, 3.63) is 111 Å². The lowest BCUT2D eigenvalue weighted by Crippen LogP contribution is -2.56. The molecule has 1 N–H and O–H groups in total. The zero-order valence-electron chi connectivity index (χ0n) is 19.4. The van der Waals surface area contributed by atoms with Crippen LogP contribution in [0.2, 0.25) is 15.1 Å². The summed E-state index contributed by atoms with van der Waals surface area (Å²) >= 11 is 18.5. The Hall–Kier alpha value is -2.79. The monoisotopic (exact) mass is 526 g/mol. The molecule has 0 saturated heterocycles. The molecule has 180 valence electrons. The zero-order valence-corrected chi connectivity index (χ0v) is 21.7. The normalized spacial score (nSPS) is 17.1. The standard InChI is InChI=1S/C28H25Cl3N2O2/c1-18(2)28(13-6-14-33(28)17-19-9-11-23(30)24(31)15-19)27(35)32-25-12-10-21(29)16-22(25)26(34)20-7-4-3-5-8-20/h3-12,14-16,18H,13,17H2,1-2H3,(H,32,35)/t28-/m0/s1. The van der Waals surface area contributed by atoms with Crippen LogP contribution in [-0.4, -0.2) is 22.1 Å². The van der Waals surface area contributed by atoms with Crippen molar-refractivity contribution in [2.24, 2.45) is 5.92 Å². The van der Waals surface area contributed by atoms with E-state index in [9.17, 15) is 9.59 Å². The summed E-state index contributed by atoms with van der Waals surface area (Å²) in [4.78, 5) is 29.2. The predicted octanol–water partition coefficient (Wildman–Crippen LogP) is 7.63. The lowest BCUT2D eigenvalue weighted by molar-refractivity contribution is -0.128. The molecule has 0 unspecified atom stereocenters. The molecule has 35 heavy (non-hydrogen) atoms. The number of halogens is 3. The largest absolute Gasteiger partial charge is 0.359 e. The minimum Gasteiger partial charge on any atom is -0.359 e. The van der Waals surface area contributed by atoms with Crippen LogP contribution in [0, 0.1) is 5.92 Å². The Bertz CT molecular complexity index is 1290. The van der Waals surface area contributed by atoms with E-state index >= 15 is 0 Å². The number of anilines is 1. The summed E-state index contributed by atoms with van der Waals surface area (Å²) in [7, 11) is 0. The molecule has 4 nitrogen and oxygen atoms in total. The third kappa shape index (κ3) is 5.11. The van der Waals surface area contributed by atoms with E-state index in [1.54, 1.807) is 48.5 Å². The van der Waals surface area contributed by atoms with Gasteiger partial charge >= 0.3 is 0 Å². The maximum atomic E-state index is 13.9. The number of amides is 1. The number of carbonyl (C=O) groups excluding carboxylic acids is 2. The fourth-order valence-electron chi connectivity index (χ4n) is 4.48. The molecule has 0 radical (unpaired) electrons. The van der Waals surface area contributed by atoms with E-state index in [0.29, 0.717) is 44.8 Å². The Morgan fingerprint density at radius 1 is 0.971 bits per heavy atom.